The van der Waals surface area contributed by atoms with E-state index in [0.717, 1.165) is 19.3 Å². The van der Waals surface area contributed by atoms with Crippen LogP contribution in [0, 0.1) is 5.41 Å². The fourth-order valence-corrected chi connectivity index (χ4v) is 3.31. The smallest absolute Gasteiger partial charge is 0.287 e. The van der Waals surface area contributed by atoms with Crippen LogP contribution in [0.2, 0.25) is 0 Å². The predicted molar refractivity (Wildman–Crippen MR) is 89.8 cm³/mol. The van der Waals surface area contributed by atoms with Crippen molar-refractivity contribution >= 4 is 11.6 Å². The lowest BCUT2D eigenvalue weighted by molar-refractivity contribution is -0.406. The zero-order valence-corrected chi connectivity index (χ0v) is 15.4. The molecule has 128 valence electrons. The van der Waals surface area contributed by atoms with Gasteiger partial charge < -0.3 is 14.2 Å². The van der Waals surface area contributed by atoms with Crippen LogP contribution in [0.3, 0.4) is 0 Å². The third kappa shape index (κ3) is 6.43. The van der Waals surface area contributed by atoms with Gasteiger partial charge in [-0.05, 0) is 19.3 Å². The van der Waals surface area contributed by atoms with Crippen molar-refractivity contribution in [3.05, 3.63) is 0 Å². The number of hydrogen-bond donors (Lipinski definition) is 0. The molecule has 0 amide bonds. The molecule has 0 aromatic carbocycles. The van der Waals surface area contributed by atoms with Gasteiger partial charge in [-0.25, -0.2) is 0 Å². The molecule has 4 heteroatoms. The molecule has 0 N–H and O–H groups in total. The summed E-state index contributed by atoms with van der Waals surface area (Å²) in [6, 6.07) is 0. The van der Waals surface area contributed by atoms with Gasteiger partial charge in [-0.15, -0.1) is 11.6 Å². The summed E-state index contributed by atoms with van der Waals surface area (Å²) < 4.78 is 16.8. The van der Waals surface area contributed by atoms with Gasteiger partial charge in [0.15, 0.2) is 0 Å². The summed E-state index contributed by atoms with van der Waals surface area (Å²) in [4.78, 5) is 0. The Labute approximate surface area is 136 Å². The molecule has 0 aliphatic rings. The molecule has 0 radical (unpaired) electrons. The summed E-state index contributed by atoms with van der Waals surface area (Å²) in [6.07, 6.45) is 10.6. The molecule has 0 aliphatic heterocycles. The van der Waals surface area contributed by atoms with Gasteiger partial charge in [-0.2, -0.15) is 0 Å². The Kier molecular flexibility index (Phi) is 11.8. The highest BCUT2D eigenvalue weighted by atomic mass is 35.5. The van der Waals surface area contributed by atoms with Crippen LogP contribution in [0.1, 0.15) is 71.6 Å². The number of unbranched alkanes of at least 4 members (excludes halogenated alkanes) is 5. The molecule has 0 fully saturated rings. The fraction of sp³-hybridized carbons (Fsp3) is 1.00. The molecule has 0 aromatic heterocycles. The van der Waals surface area contributed by atoms with Crippen molar-refractivity contribution in [2.75, 3.05) is 27.2 Å². The van der Waals surface area contributed by atoms with E-state index in [2.05, 4.69) is 13.8 Å². The normalized spacial score (nSPS) is 15.1. The fourth-order valence-electron chi connectivity index (χ4n) is 3.17. The Hall–Kier alpha value is 0.170. The Morgan fingerprint density at radius 1 is 0.762 bits per heavy atom. The van der Waals surface area contributed by atoms with E-state index in [1.165, 1.54) is 38.5 Å². The van der Waals surface area contributed by atoms with Gasteiger partial charge in [0.2, 0.25) is 0 Å². The first-order valence-corrected chi connectivity index (χ1v) is 8.80. The van der Waals surface area contributed by atoms with Crippen LogP contribution in [0.5, 0.6) is 0 Å². The van der Waals surface area contributed by atoms with Crippen molar-refractivity contribution in [2.24, 2.45) is 5.41 Å². The lowest BCUT2D eigenvalue weighted by Crippen LogP contribution is -2.51. The van der Waals surface area contributed by atoms with Gasteiger partial charge in [-0.1, -0.05) is 52.4 Å². The number of rotatable bonds is 14. The maximum atomic E-state index is 5.88. The Morgan fingerprint density at radius 3 is 1.71 bits per heavy atom. The second-order valence-corrected chi connectivity index (χ2v) is 6.42. The van der Waals surface area contributed by atoms with Crippen molar-refractivity contribution < 1.29 is 14.2 Å². The molecule has 0 heterocycles. The molecule has 0 aromatic rings. The first-order chi connectivity index (χ1) is 10.1. The van der Waals surface area contributed by atoms with Gasteiger partial charge in [0, 0.05) is 32.6 Å². The molecular weight excluding hydrogens is 288 g/mol. The van der Waals surface area contributed by atoms with Gasteiger partial charge >= 0.3 is 0 Å². The Bertz CT molecular complexity index is 236. The van der Waals surface area contributed by atoms with E-state index >= 15 is 0 Å². The van der Waals surface area contributed by atoms with E-state index in [4.69, 9.17) is 25.8 Å². The van der Waals surface area contributed by atoms with Crippen molar-refractivity contribution in [2.45, 2.75) is 77.6 Å². The number of alkyl halides is 1. The third-order valence-electron chi connectivity index (χ3n) is 4.49. The highest BCUT2D eigenvalue weighted by Crippen LogP contribution is 2.44. The zero-order valence-electron chi connectivity index (χ0n) is 14.7. The Morgan fingerprint density at radius 2 is 1.24 bits per heavy atom. The molecule has 1 unspecified atom stereocenters. The summed E-state index contributed by atoms with van der Waals surface area (Å²) >= 11 is 5.88. The SMILES string of the molecule is CCCCCCCCC(C)(CCCCl)C(OC)(OC)OC. The van der Waals surface area contributed by atoms with E-state index in [0.29, 0.717) is 5.88 Å². The van der Waals surface area contributed by atoms with E-state index < -0.39 is 5.97 Å². The molecule has 0 bridgehead atoms. The maximum Gasteiger partial charge on any atom is 0.287 e. The molecular formula is C17H35ClO3. The van der Waals surface area contributed by atoms with Gasteiger partial charge in [0.25, 0.3) is 5.97 Å². The van der Waals surface area contributed by atoms with Crippen molar-refractivity contribution in [3.8, 4) is 0 Å². The molecule has 0 spiro atoms. The minimum absolute atomic E-state index is 0.190. The number of halogens is 1. The van der Waals surface area contributed by atoms with Gasteiger partial charge in [0.05, 0.1) is 0 Å². The van der Waals surface area contributed by atoms with Crippen LogP contribution in [-0.2, 0) is 14.2 Å². The number of ether oxygens (including phenoxy) is 3. The highest BCUT2D eigenvalue weighted by molar-refractivity contribution is 6.17. The quantitative estimate of drug-likeness (QED) is 0.245. The largest absolute Gasteiger partial charge is 0.330 e. The van der Waals surface area contributed by atoms with Crippen LogP contribution < -0.4 is 0 Å². The first kappa shape index (κ1) is 21.2. The summed E-state index contributed by atoms with van der Waals surface area (Å²) in [6.45, 7) is 4.43. The second-order valence-electron chi connectivity index (χ2n) is 6.04. The number of hydrogen-bond acceptors (Lipinski definition) is 3. The van der Waals surface area contributed by atoms with Crippen LogP contribution in [0.4, 0.5) is 0 Å². The van der Waals surface area contributed by atoms with Crippen LogP contribution in [-0.4, -0.2) is 33.2 Å². The monoisotopic (exact) mass is 322 g/mol. The van der Waals surface area contributed by atoms with Gasteiger partial charge in [-0.3, -0.25) is 0 Å². The summed E-state index contributed by atoms with van der Waals surface area (Å²) in [5, 5.41) is 0. The van der Waals surface area contributed by atoms with E-state index in [1.807, 2.05) is 0 Å². The van der Waals surface area contributed by atoms with Crippen LogP contribution in [0.15, 0.2) is 0 Å². The lowest BCUT2D eigenvalue weighted by atomic mass is 9.77. The van der Waals surface area contributed by atoms with Crippen LogP contribution >= 0.6 is 11.6 Å². The molecule has 0 rings (SSSR count). The van der Waals surface area contributed by atoms with Gasteiger partial charge in [0.1, 0.15) is 0 Å². The van der Waals surface area contributed by atoms with Crippen molar-refractivity contribution in [3.63, 3.8) is 0 Å². The predicted octanol–water partition coefficient (Wildman–Crippen LogP) is 5.36. The molecule has 0 saturated heterocycles. The minimum atomic E-state index is -0.984. The average molecular weight is 323 g/mol. The highest BCUT2D eigenvalue weighted by Gasteiger charge is 2.49. The molecule has 0 saturated carbocycles. The second kappa shape index (κ2) is 11.7. The summed E-state index contributed by atoms with van der Waals surface area (Å²) in [7, 11) is 4.94. The molecule has 1 atom stereocenters. The summed E-state index contributed by atoms with van der Waals surface area (Å²) in [5.74, 6) is -0.332. The van der Waals surface area contributed by atoms with E-state index in [9.17, 15) is 0 Å². The lowest BCUT2D eigenvalue weighted by Gasteiger charge is -2.45. The molecule has 21 heavy (non-hydrogen) atoms. The Balaban J connectivity index is 4.59. The standard InChI is InChI=1S/C17H35ClO3/c1-6-7-8-9-10-11-13-16(2,14-12-15-18)17(19-3,20-4)21-5/h6-15H2,1-5H3. The third-order valence-corrected chi connectivity index (χ3v) is 4.76. The molecule has 3 nitrogen and oxygen atoms in total. The maximum absolute atomic E-state index is 5.88. The zero-order chi connectivity index (χ0) is 16.2. The first-order valence-electron chi connectivity index (χ1n) is 8.27. The van der Waals surface area contributed by atoms with Crippen LogP contribution in [0.25, 0.3) is 0 Å². The van der Waals surface area contributed by atoms with E-state index in [-0.39, 0.29) is 5.41 Å². The van der Waals surface area contributed by atoms with Crippen molar-refractivity contribution in [1.82, 2.24) is 0 Å². The molecule has 0 aliphatic carbocycles. The topological polar surface area (TPSA) is 27.7 Å². The number of methoxy groups -OCH3 is 3. The van der Waals surface area contributed by atoms with Crippen molar-refractivity contribution in [1.29, 1.82) is 0 Å². The van der Waals surface area contributed by atoms with E-state index in [1.54, 1.807) is 21.3 Å². The minimum Gasteiger partial charge on any atom is -0.330 e. The summed E-state index contributed by atoms with van der Waals surface area (Å²) in [5.41, 5.74) is -0.190. The average Bonchev–Trinajstić information content (AvgIpc) is 2.51.